The summed E-state index contributed by atoms with van der Waals surface area (Å²) in [6.07, 6.45) is 22.6. The maximum Gasteiger partial charge on any atom is 0.226 e. The van der Waals surface area contributed by atoms with Gasteiger partial charge in [-0.15, -0.1) is 0 Å². The Hall–Kier alpha value is -1.12. The molecule has 0 saturated heterocycles. The highest BCUT2D eigenvalue weighted by molar-refractivity contribution is 5.95. The molecule has 25 heavy (non-hydrogen) atoms. The molecule has 0 bridgehead atoms. The molecule has 2 amide bonds. The Labute approximate surface area is 156 Å². The molecular formula is C22H41NO2. The van der Waals surface area contributed by atoms with Crippen LogP contribution in [0.1, 0.15) is 117 Å². The third-order valence-electron chi connectivity index (χ3n) is 4.42. The molecule has 0 saturated carbocycles. The molecular weight excluding hydrogens is 310 g/mol. The van der Waals surface area contributed by atoms with Gasteiger partial charge in [-0.05, 0) is 38.5 Å². The monoisotopic (exact) mass is 351 g/mol. The number of imide groups is 1. The first-order chi connectivity index (χ1) is 12.2. The summed E-state index contributed by atoms with van der Waals surface area (Å²) in [6, 6.07) is 0. The summed E-state index contributed by atoms with van der Waals surface area (Å²) in [4.78, 5) is 22.8. The third-order valence-corrected chi connectivity index (χ3v) is 4.42. The number of hydrogen-bond acceptors (Lipinski definition) is 2. The van der Waals surface area contributed by atoms with Crippen LogP contribution in [0.3, 0.4) is 0 Å². The van der Waals surface area contributed by atoms with Crippen molar-refractivity contribution in [1.82, 2.24) is 5.32 Å². The van der Waals surface area contributed by atoms with Gasteiger partial charge in [0.1, 0.15) is 0 Å². The van der Waals surface area contributed by atoms with Crippen molar-refractivity contribution in [3.8, 4) is 0 Å². The number of carbonyl (C=O) groups is 2. The summed E-state index contributed by atoms with van der Waals surface area (Å²) in [6.45, 7) is 4.20. The van der Waals surface area contributed by atoms with Crippen LogP contribution in [0.15, 0.2) is 12.2 Å². The minimum atomic E-state index is -0.139. The minimum Gasteiger partial charge on any atom is -0.296 e. The van der Waals surface area contributed by atoms with Gasteiger partial charge in [0.05, 0.1) is 0 Å². The number of rotatable bonds is 17. The molecule has 0 unspecified atom stereocenters. The fourth-order valence-corrected chi connectivity index (χ4v) is 2.86. The van der Waals surface area contributed by atoms with Crippen LogP contribution < -0.4 is 5.32 Å². The summed E-state index contributed by atoms with van der Waals surface area (Å²) in [7, 11) is 0. The predicted octanol–water partition coefficient (Wildman–Crippen LogP) is 6.47. The molecule has 0 aromatic heterocycles. The Morgan fingerprint density at radius 3 is 1.64 bits per heavy atom. The first kappa shape index (κ1) is 23.9. The first-order valence-electron chi connectivity index (χ1n) is 10.7. The molecule has 146 valence electrons. The summed E-state index contributed by atoms with van der Waals surface area (Å²) < 4.78 is 0. The quantitative estimate of drug-likeness (QED) is 0.241. The van der Waals surface area contributed by atoms with Crippen molar-refractivity contribution in [1.29, 1.82) is 0 Å². The standard InChI is InChI=1S/C22H41NO2/c1-3-5-6-7-8-9-10-11-12-13-14-15-16-17-18-20-22(25)23-21(24)19-4-2/h11-12H,3-10,13-20H2,1-2H3,(H,23,24,25). The van der Waals surface area contributed by atoms with Gasteiger partial charge in [-0.25, -0.2) is 0 Å². The van der Waals surface area contributed by atoms with E-state index in [0.29, 0.717) is 12.8 Å². The van der Waals surface area contributed by atoms with Crippen molar-refractivity contribution in [2.45, 2.75) is 117 Å². The van der Waals surface area contributed by atoms with E-state index in [1.54, 1.807) is 0 Å². The number of carbonyl (C=O) groups excluding carboxylic acids is 2. The number of allylic oxidation sites excluding steroid dienone is 2. The van der Waals surface area contributed by atoms with E-state index in [4.69, 9.17) is 0 Å². The van der Waals surface area contributed by atoms with Crippen molar-refractivity contribution in [2.75, 3.05) is 0 Å². The average Bonchev–Trinajstić information content (AvgIpc) is 2.58. The lowest BCUT2D eigenvalue weighted by Crippen LogP contribution is -2.29. The predicted molar refractivity (Wildman–Crippen MR) is 108 cm³/mol. The minimum absolute atomic E-state index is 0.115. The Morgan fingerprint density at radius 1 is 0.600 bits per heavy atom. The zero-order chi connectivity index (χ0) is 18.6. The van der Waals surface area contributed by atoms with Crippen molar-refractivity contribution >= 4 is 11.8 Å². The first-order valence-corrected chi connectivity index (χ1v) is 10.7. The van der Waals surface area contributed by atoms with E-state index in [9.17, 15) is 9.59 Å². The van der Waals surface area contributed by atoms with E-state index in [1.807, 2.05) is 6.92 Å². The molecule has 3 heteroatoms. The lowest BCUT2D eigenvalue weighted by molar-refractivity contribution is -0.130. The van der Waals surface area contributed by atoms with E-state index in [-0.39, 0.29) is 11.8 Å². The molecule has 0 aliphatic carbocycles. The van der Waals surface area contributed by atoms with E-state index in [2.05, 4.69) is 24.4 Å². The second kappa shape index (κ2) is 19.2. The number of unbranched alkanes of at least 4 members (excludes halogenated alkanes) is 11. The third kappa shape index (κ3) is 19.1. The summed E-state index contributed by atoms with van der Waals surface area (Å²) in [5.74, 6) is -0.253. The Kier molecular flexibility index (Phi) is 18.3. The molecule has 0 aromatic carbocycles. The lowest BCUT2D eigenvalue weighted by Gasteiger charge is -2.03. The lowest BCUT2D eigenvalue weighted by atomic mass is 10.1. The molecule has 0 aromatic rings. The second-order valence-electron chi connectivity index (χ2n) is 7.06. The molecule has 3 nitrogen and oxygen atoms in total. The fraction of sp³-hybridized carbons (Fsp3) is 0.818. The molecule has 0 aliphatic heterocycles. The van der Waals surface area contributed by atoms with Crippen LogP contribution in [0.4, 0.5) is 0 Å². The average molecular weight is 352 g/mol. The van der Waals surface area contributed by atoms with E-state index < -0.39 is 0 Å². The summed E-state index contributed by atoms with van der Waals surface area (Å²) in [5.41, 5.74) is 0. The zero-order valence-corrected chi connectivity index (χ0v) is 16.8. The highest BCUT2D eigenvalue weighted by Crippen LogP contribution is 2.09. The van der Waals surface area contributed by atoms with Crippen LogP contribution in [0.25, 0.3) is 0 Å². The van der Waals surface area contributed by atoms with E-state index in [1.165, 1.54) is 70.6 Å². The van der Waals surface area contributed by atoms with Crippen LogP contribution >= 0.6 is 0 Å². The molecule has 0 atom stereocenters. The number of nitrogens with one attached hydrogen (secondary N) is 1. The summed E-state index contributed by atoms with van der Waals surface area (Å²) in [5, 5.41) is 2.44. The van der Waals surface area contributed by atoms with Crippen molar-refractivity contribution < 1.29 is 9.59 Å². The molecule has 0 radical (unpaired) electrons. The van der Waals surface area contributed by atoms with Gasteiger partial charge in [0.2, 0.25) is 11.8 Å². The Bertz CT molecular complexity index is 350. The van der Waals surface area contributed by atoms with Gasteiger partial charge in [0.15, 0.2) is 0 Å². The maximum atomic E-state index is 11.5. The van der Waals surface area contributed by atoms with Crippen LogP contribution in [-0.4, -0.2) is 11.8 Å². The second-order valence-corrected chi connectivity index (χ2v) is 7.06. The van der Waals surface area contributed by atoms with Crippen LogP contribution in [0, 0.1) is 0 Å². The van der Waals surface area contributed by atoms with Gasteiger partial charge in [0.25, 0.3) is 0 Å². The van der Waals surface area contributed by atoms with Gasteiger partial charge in [-0.2, -0.15) is 0 Å². The van der Waals surface area contributed by atoms with Gasteiger partial charge in [-0.1, -0.05) is 77.4 Å². The molecule has 0 fully saturated rings. The van der Waals surface area contributed by atoms with Crippen LogP contribution in [0.5, 0.6) is 0 Å². The molecule has 0 heterocycles. The van der Waals surface area contributed by atoms with Crippen LogP contribution in [-0.2, 0) is 9.59 Å². The Balaban J connectivity index is 3.26. The summed E-state index contributed by atoms with van der Waals surface area (Å²) >= 11 is 0. The fourth-order valence-electron chi connectivity index (χ4n) is 2.86. The normalized spacial score (nSPS) is 11.1. The molecule has 0 aliphatic rings. The van der Waals surface area contributed by atoms with Gasteiger partial charge in [-0.3, -0.25) is 14.9 Å². The SMILES string of the molecule is CCCCCCCCC=CCCCCCCCC(=O)NC(=O)CCC. The number of amides is 2. The van der Waals surface area contributed by atoms with Gasteiger partial charge < -0.3 is 0 Å². The topological polar surface area (TPSA) is 46.2 Å². The smallest absolute Gasteiger partial charge is 0.226 e. The molecule has 0 spiro atoms. The maximum absolute atomic E-state index is 11.5. The zero-order valence-electron chi connectivity index (χ0n) is 16.8. The van der Waals surface area contributed by atoms with Crippen molar-refractivity contribution in [3.63, 3.8) is 0 Å². The van der Waals surface area contributed by atoms with Crippen molar-refractivity contribution in [2.24, 2.45) is 0 Å². The number of hydrogen-bond donors (Lipinski definition) is 1. The van der Waals surface area contributed by atoms with Crippen LogP contribution in [0.2, 0.25) is 0 Å². The van der Waals surface area contributed by atoms with Gasteiger partial charge >= 0.3 is 0 Å². The molecule has 0 rings (SSSR count). The highest BCUT2D eigenvalue weighted by Gasteiger charge is 2.05. The molecule has 1 N–H and O–H groups in total. The van der Waals surface area contributed by atoms with E-state index >= 15 is 0 Å². The van der Waals surface area contributed by atoms with Crippen molar-refractivity contribution in [3.05, 3.63) is 12.2 Å². The Morgan fingerprint density at radius 2 is 1.08 bits per heavy atom. The van der Waals surface area contributed by atoms with Gasteiger partial charge in [0, 0.05) is 12.8 Å². The largest absolute Gasteiger partial charge is 0.296 e. The highest BCUT2D eigenvalue weighted by atomic mass is 16.2. The van der Waals surface area contributed by atoms with E-state index in [0.717, 1.165) is 19.3 Å².